The number of methoxy groups -OCH3 is 1. The normalized spacial score (nSPS) is 26.1. The summed E-state index contributed by atoms with van der Waals surface area (Å²) >= 11 is 0. The highest BCUT2D eigenvalue weighted by Gasteiger charge is 2.46. The van der Waals surface area contributed by atoms with E-state index in [2.05, 4.69) is 31.0 Å². The van der Waals surface area contributed by atoms with Gasteiger partial charge in [0.15, 0.2) is 0 Å². The summed E-state index contributed by atoms with van der Waals surface area (Å²) in [7, 11) is 1.50. The van der Waals surface area contributed by atoms with Crippen molar-refractivity contribution < 1.29 is 9.53 Å². The molecule has 1 fully saturated rings. The number of carbonyl (C=O) groups is 1. The van der Waals surface area contributed by atoms with Gasteiger partial charge in [0.25, 0.3) is 0 Å². The van der Waals surface area contributed by atoms with Crippen molar-refractivity contribution >= 4 is 5.97 Å². The maximum Gasteiger partial charge on any atom is 0.326 e. The molecule has 0 bridgehead atoms. The molecule has 2 unspecified atom stereocenters. The molecule has 2 atom stereocenters. The molecule has 1 aliphatic rings. The van der Waals surface area contributed by atoms with Gasteiger partial charge in [0.1, 0.15) is 5.54 Å². The predicted octanol–water partition coefficient (Wildman–Crippen LogP) is 2.57. The van der Waals surface area contributed by atoms with E-state index in [0.717, 1.165) is 45.3 Å². The Bertz CT molecular complexity index is 296. The van der Waals surface area contributed by atoms with Crippen molar-refractivity contribution in [1.82, 2.24) is 10.2 Å². The van der Waals surface area contributed by atoms with Crippen molar-refractivity contribution in [1.29, 1.82) is 0 Å². The fourth-order valence-corrected chi connectivity index (χ4v) is 3.27. The molecule has 20 heavy (non-hydrogen) atoms. The number of nitrogens with one attached hydrogen (secondary N) is 1. The van der Waals surface area contributed by atoms with E-state index in [4.69, 9.17) is 4.74 Å². The third kappa shape index (κ3) is 4.19. The molecule has 0 aromatic rings. The zero-order chi connectivity index (χ0) is 15.0. The molecule has 0 amide bonds. The molecule has 0 saturated heterocycles. The topological polar surface area (TPSA) is 41.6 Å². The second-order valence-corrected chi connectivity index (χ2v) is 5.88. The Morgan fingerprint density at radius 1 is 1.35 bits per heavy atom. The van der Waals surface area contributed by atoms with Crippen LogP contribution in [0.25, 0.3) is 0 Å². The van der Waals surface area contributed by atoms with E-state index in [1.807, 2.05) is 0 Å². The molecule has 0 aromatic carbocycles. The second kappa shape index (κ2) is 8.63. The summed E-state index contributed by atoms with van der Waals surface area (Å²) in [5, 5.41) is 3.46. The fraction of sp³-hybridized carbons (Fsp3) is 0.938. The van der Waals surface area contributed by atoms with Crippen LogP contribution in [0.5, 0.6) is 0 Å². The van der Waals surface area contributed by atoms with Crippen LogP contribution in [0, 0.1) is 0 Å². The minimum atomic E-state index is -0.449. The Morgan fingerprint density at radius 3 is 2.65 bits per heavy atom. The van der Waals surface area contributed by atoms with Crippen LogP contribution >= 0.6 is 0 Å². The lowest BCUT2D eigenvalue weighted by Gasteiger charge is -2.31. The quantitative estimate of drug-likeness (QED) is 0.661. The zero-order valence-electron chi connectivity index (χ0n) is 13.7. The molecule has 118 valence electrons. The van der Waals surface area contributed by atoms with Crippen molar-refractivity contribution in [3.63, 3.8) is 0 Å². The Hall–Kier alpha value is -0.610. The average molecular weight is 284 g/mol. The molecule has 0 radical (unpaired) electrons. The van der Waals surface area contributed by atoms with Gasteiger partial charge in [-0.15, -0.1) is 0 Å². The number of nitrogens with zero attached hydrogens (tertiary/aromatic N) is 1. The van der Waals surface area contributed by atoms with Crippen LogP contribution in [0.1, 0.15) is 59.3 Å². The molecule has 0 spiro atoms. The molecule has 4 nitrogen and oxygen atoms in total. The van der Waals surface area contributed by atoms with Crippen molar-refractivity contribution in [2.45, 2.75) is 70.9 Å². The molecule has 1 N–H and O–H groups in total. The predicted molar refractivity (Wildman–Crippen MR) is 82.8 cm³/mol. The number of unbranched alkanes of at least 4 members (excludes halogenated alkanes) is 1. The minimum absolute atomic E-state index is 0.0833. The van der Waals surface area contributed by atoms with Crippen LogP contribution in [0.15, 0.2) is 0 Å². The molecule has 1 saturated carbocycles. The monoisotopic (exact) mass is 284 g/mol. The number of esters is 1. The number of hydrogen-bond acceptors (Lipinski definition) is 4. The Morgan fingerprint density at radius 2 is 2.10 bits per heavy atom. The first kappa shape index (κ1) is 17.4. The highest BCUT2D eigenvalue weighted by Crippen LogP contribution is 2.34. The third-order valence-corrected chi connectivity index (χ3v) is 4.50. The van der Waals surface area contributed by atoms with Crippen molar-refractivity contribution in [3.8, 4) is 0 Å². The van der Waals surface area contributed by atoms with Crippen LogP contribution in [0.4, 0.5) is 0 Å². The molecule has 0 aromatic heterocycles. The van der Waals surface area contributed by atoms with Crippen LogP contribution < -0.4 is 5.32 Å². The van der Waals surface area contributed by atoms with E-state index < -0.39 is 5.54 Å². The van der Waals surface area contributed by atoms with Gasteiger partial charge in [0.05, 0.1) is 7.11 Å². The van der Waals surface area contributed by atoms with Gasteiger partial charge in [-0.2, -0.15) is 0 Å². The molecule has 0 aliphatic heterocycles. The van der Waals surface area contributed by atoms with Crippen LogP contribution in [0.3, 0.4) is 0 Å². The van der Waals surface area contributed by atoms with Crippen LogP contribution in [-0.4, -0.2) is 49.2 Å². The van der Waals surface area contributed by atoms with Crippen molar-refractivity contribution in [3.05, 3.63) is 0 Å². The summed E-state index contributed by atoms with van der Waals surface area (Å²) in [6.45, 7) is 9.66. The largest absolute Gasteiger partial charge is 0.468 e. The molecule has 0 heterocycles. The maximum atomic E-state index is 12.2. The summed E-state index contributed by atoms with van der Waals surface area (Å²) in [6.07, 6.45) is 6.36. The number of carbonyl (C=O) groups excluding carboxylic acids is 1. The molecule has 1 aliphatic carbocycles. The smallest absolute Gasteiger partial charge is 0.326 e. The fourth-order valence-electron chi connectivity index (χ4n) is 3.27. The summed E-state index contributed by atoms with van der Waals surface area (Å²) in [5.41, 5.74) is -0.449. The Kier molecular flexibility index (Phi) is 7.52. The molecule has 4 heteroatoms. The first-order valence-electron chi connectivity index (χ1n) is 8.21. The van der Waals surface area contributed by atoms with Crippen molar-refractivity contribution in [2.75, 3.05) is 26.7 Å². The minimum Gasteiger partial charge on any atom is -0.468 e. The highest BCUT2D eigenvalue weighted by atomic mass is 16.5. The third-order valence-electron chi connectivity index (χ3n) is 4.50. The number of rotatable bonds is 9. The lowest BCUT2D eigenvalue weighted by Crippen LogP contribution is -2.52. The van der Waals surface area contributed by atoms with Gasteiger partial charge in [-0.25, -0.2) is 0 Å². The average Bonchev–Trinajstić information content (AvgIpc) is 2.91. The summed E-state index contributed by atoms with van der Waals surface area (Å²) in [5.74, 6) is -0.0833. The van der Waals surface area contributed by atoms with Gasteiger partial charge in [0.2, 0.25) is 0 Å². The summed E-state index contributed by atoms with van der Waals surface area (Å²) in [4.78, 5) is 14.7. The Labute approximate surface area is 124 Å². The number of hydrogen-bond donors (Lipinski definition) is 1. The highest BCUT2D eigenvalue weighted by molar-refractivity contribution is 5.81. The summed E-state index contributed by atoms with van der Waals surface area (Å²) < 4.78 is 5.06. The van der Waals surface area contributed by atoms with E-state index in [1.54, 1.807) is 0 Å². The molecular weight excluding hydrogens is 252 g/mol. The SMILES string of the molecule is CCCCN(CC)C1CCC(NCCC)(C(=O)OC)C1. The standard InChI is InChI=1S/C16H32N2O2/c1-5-8-12-18(7-3)14-9-10-16(13-14,15(19)20-4)17-11-6-2/h14,17H,5-13H2,1-4H3. The Balaban J connectivity index is 2.69. The lowest BCUT2D eigenvalue weighted by atomic mass is 9.96. The first-order chi connectivity index (χ1) is 9.63. The summed E-state index contributed by atoms with van der Waals surface area (Å²) in [6, 6.07) is 0.509. The van der Waals surface area contributed by atoms with Crippen molar-refractivity contribution in [2.24, 2.45) is 0 Å². The van der Waals surface area contributed by atoms with Gasteiger partial charge >= 0.3 is 5.97 Å². The van der Waals surface area contributed by atoms with Gasteiger partial charge in [-0.3, -0.25) is 4.79 Å². The molecule has 1 rings (SSSR count). The van der Waals surface area contributed by atoms with Gasteiger partial charge in [-0.05, 0) is 51.7 Å². The van der Waals surface area contributed by atoms with E-state index in [1.165, 1.54) is 20.0 Å². The van der Waals surface area contributed by atoms with Gasteiger partial charge < -0.3 is 15.0 Å². The maximum absolute atomic E-state index is 12.2. The zero-order valence-corrected chi connectivity index (χ0v) is 13.7. The van der Waals surface area contributed by atoms with Gasteiger partial charge in [-0.1, -0.05) is 27.2 Å². The van der Waals surface area contributed by atoms with Crippen LogP contribution in [0.2, 0.25) is 0 Å². The van der Waals surface area contributed by atoms with E-state index >= 15 is 0 Å². The number of ether oxygens (including phenoxy) is 1. The lowest BCUT2D eigenvalue weighted by molar-refractivity contribution is -0.148. The second-order valence-electron chi connectivity index (χ2n) is 5.88. The van der Waals surface area contributed by atoms with E-state index in [0.29, 0.717) is 6.04 Å². The van der Waals surface area contributed by atoms with Crippen LogP contribution in [-0.2, 0) is 9.53 Å². The van der Waals surface area contributed by atoms with Gasteiger partial charge in [0, 0.05) is 6.04 Å². The first-order valence-corrected chi connectivity index (χ1v) is 8.21. The molecular formula is C16H32N2O2. The van der Waals surface area contributed by atoms with E-state index in [9.17, 15) is 4.79 Å². The van der Waals surface area contributed by atoms with E-state index in [-0.39, 0.29) is 5.97 Å².